The van der Waals surface area contributed by atoms with Crippen molar-refractivity contribution in [2.75, 3.05) is 19.6 Å². The van der Waals surface area contributed by atoms with Crippen molar-refractivity contribution < 1.29 is 9.59 Å². The highest BCUT2D eigenvalue weighted by atomic mass is 35.5. The van der Waals surface area contributed by atoms with Crippen LogP contribution in [0.2, 0.25) is 5.02 Å². The number of nitrogens with one attached hydrogen (secondary N) is 1. The molecule has 2 aliphatic heterocycles. The SMILES string of the molecule is CCCCN1C(=O)C(C(C)C)NC12CCN(C(=O)S)CC2.Clc1ccccc1. The van der Waals surface area contributed by atoms with Crippen LogP contribution >= 0.6 is 24.2 Å². The van der Waals surface area contributed by atoms with Crippen LogP contribution in [0, 0.1) is 5.92 Å². The molecule has 2 amide bonds. The molecule has 2 fully saturated rings. The van der Waals surface area contributed by atoms with Crippen LogP contribution in [-0.4, -0.2) is 52.3 Å². The quantitative estimate of drug-likeness (QED) is 0.702. The molecule has 1 N–H and O–H groups in total. The maximum atomic E-state index is 12.7. The molecule has 156 valence electrons. The third-order valence-electron chi connectivity index (χ3n) is 5.47. The van der Waals surface area contributed by atoms with Gasteiger partial charge in [-0.3, -0.25) is 14.9 Å². The molecule has 7 heteroatoms. The summed E-state index contributed by atoms with van der Waals surface area (Å²) in [6, 6.07) is 9.35. The van der Waals surface area contributed by atoms with Crippen LogP contribution in [0.5, 0.6) is 0 Å². The minimum absolute atomic E-state index is 0.0971. The number of rotatable bonds is 4. The highest BCUT2D eigenvalue weighted by Gasteiger charge is 2.51. The second-order valence-electron chi connectivity index (χ2n) is 7.81. The molecular formula is C21H32ClN3O2S. The molecule has 2 aliphatic rings. The van der Waals surface area contributed by atoms with E-state index in [1.165, 1.54) is 0 Å². The van der Waals surface area contributed by atoms with Crippen molar-refractivity contribution in [3.8, 4) is 0 Å². The zero-order valence-corrected chi connectivity index (χ0v) is 18.7. The van der Waals surface area contributed by atoms with Crippen molar-refractivity contribution in [1.29, 1.82) is 0 Å². The van der Waals surface area contributed by atoms with Crippen molar-refractivity contribution in [2.45, 2.75) is 58.2 Å². The molecule has 0 bridgehead atoms. The van der Waals surface area contributed by atoms with Gasteiger partial charge in [-0.25, -0.2) is 0 Å². The normalized spacial score (nSPS) is 21.1. The Morgan fingerprint density at radius 1 is 1.29 bits per heavy atom. The molecule has 0 aliphatic carbocycles. The van der Waals surface area contributed by atoms with Gasteiger partial charge in [-0.2, -0.15) is 0 Å². The largest absolute Gasteiger partial charge is 0.334 e. The molecule has 1 aromatic rings. The lowest BCUT2D eigenvalue weighted by Gasteiger charge is -2.44. The highest BCUT2D eigenvalue weighted by Crippen LogP contribution is 2.34. The molecule has 3 rings (SSSR count). The van der Waals surface area contributed by atoms with Crippen LogP contribution in [0.1, 0.15) is 46.5 Å². The third kappa shape index (κ3) is 5.65. The fraction of sp³-hybridized carbons (Fsp3) is 0.619. The maximum absolute atomic E-state index is 12.7. The first-order chi connectivity index (χ1) is 13.3. The number of nitrogens with zero attached hydrogens (tertiary/aromatic N) is 2. The van der Waals surface area contributed by atoms with E-state index in [1.807, 2.05) is 35.2 Å². The predicted octanol–water partition coefficient (Wildman–Crippen LogP) is 4.42. The summed E-state index contributed by atoms with van der Waals surface area (Å²) < 4.78 is 0. The van der Waals surface area contributed by atoms with E-state index in [4.69, 9.17) is 11.6 Å². The minimum Gasteiger partial charge on any atom is -0.334 e. The van der Waals surface area contributed by atoms with E-state index >= 15 is 0 Å². The first-order valence-electron chi connectivity index (χ1n) is 10.1. The highest BCUT2D eigenvalue weighted by molar-refractivity contribution is 7.96. The summed E-state index contributed by atoms with van der Waals surface area (Å²) in [5.41, 5.74) is -0.263. The Morgan fingerprint density at radius 2 is 1.89 bits per heavy atom. The maximum Gasteiger partial charge on any atom is 0.278 e. The number of hydrogen-bond donors (Lipinski definition) is 2. The minimum atomic E-state index is -0.263. The number of likely N-dealkylation sites (tertiary alicyclic amines) is 1. The monoisotopic (exact) mass is 425 g/mol. The first-order valence-corrected chi connectivity index (χ1v) is 10.9. The zero-order valence-electron chi connectivity index (χ0n) is 17.0. The molecule has 0 radical (unpaired) electrons. The standard InChI is InChI=1S/C15H27N3O2S.C6H5Cl/c1-4-5-8-18-13(19)12(11(2)3)16-15(18)6-9-17(10-7-15)14(20)21;7-6-4-2-1-3-5-6/h11-12,16H,4-10H2,1-3H3,(H,20,21);1-5H. The van der Waals surface area contributed by atoms with E-state index in [0.717, 1.165) is 37.3 Å². The summed E-state index contributed by atoms with van der Waals surface area (Å²) in [4.78, 5) is 27.9. The number of thiol groups is 1. The number of carbonyl (C=O) groups is 2. The van der Waals surface area contributed by atoms with Crippen molar-refractivity contribution in [1.82, 2.24) is 15.1 Å². The number of unbranched alkanes of at least 4 members (excludes halogenated alkanes) is 1. The molecule has 1 unspecified atom stereocenters. The Morgan fingerprint density at radius 3 is 2.32 bits per heavy atom. The molecule has 5 nitrogen and oxygen atoms in total. The van der Waals surface area contributed by atoms with Crippen molar-refractivity contribution in [3.05, 3.63) is 35.4 Å². The fourth-order valence-electron chi connectivity index (χ4n) is 3.80. The summed E-state index contributed by atoms with van der Waals surface area (Å²) >= 11 is 9.44. The fourth-order valence-corrected chi connectivity index (χ4v) is 4.14. The van der Waals surface area contributed by atoms with Crippen LogP contribution < -0.4 is 5.32 Å². The Hall–Kier alpha value is -1.24. The number of amides is 2. The van der Waals surface area contributed by atoms with Crippen LogP contribution in [0.3, 0.4) is 0 Å². The number of piperidine rings is 1. The van der Waals surface area contributed by atoms with Gasteiger partial charge in [0.1, 0.15) is 0 Å². The topological polar surface area (TPSA) is 52.7 Å². The van der Waals surface area contributed by atoms with Gasteiger partial charge in [-0.15, -0.1) is 0 Å². The molecule has 28 heavy (non-hydrogen) atoms. The van der Waals surface area contributed by atoms with Gasteiger partial charge in [-0.05, 0) is 24.5 Å². The Bertz CT molecular complexity index is 648. The van der Waals surface area contributed by atoms with E-state index in [0.29, 0.717) is 13.1 Å². The number of hydrogen-bond acceptors (Lipinski definition) is 3. The van der Waals surface area contributed by atoms with Crippen LogP contribution in [0.4, 0.5) is 4.79 Å². The van der Waals surface area contributed by atoms with Gasteiger partial charge in [0.15, 0.2) is 0 Å². The van der Waals surface area contributed by atoms with E-state index in [2.05, 4.69) is 38.7 Å². The molecule has 1 spiro atoms. The van der Waals surface area contributed by atoms with Gasteiger partial charge in [0.25, 0.3) is 5.24 Å². The molecular weight excluding hydrogens is 394 g/mol. The van der Waals surface area contributed by atoms with Gasteiger partial charge in [0, 0.05) is 37.5 Å². The van der Waals surface area contributed by atoms with Crippen LogP contribution in [0.25, 0.3) is 0 Å². The van der Waals surface area contributed by atoms with E-state index in [-0.39, 0.29) is 28.8 Å². The molecule has 2 heterocycles. The molecule has 0 saturated carbocycles. The average molecular weight is 426 g/mol. The summed E-state index contributed by atoms with van der Waals surface area (Å²) in [5, 5.41) is 4.21. The van der Waals surface area contributed by atoms with Gasteiger partial charge in [-0.1, -0.05) is 69.6 Å². The van der Waals surface area contributed by atoms with E-state index in [9.17, 15) is 9.59 Å². The summed E-state index contributed by atoms with van der Waals surface area (Å²) in [6.45, 7) is 8.44. The van der Waals surface area contributed by atoms with Crippen LogP contribution in [-0.2, 0) is 4.79 Å². The Balaban J connectivity index is 0.000000336. The molecule has 0 aromatic heterocycles. The smallest absolute Gasteiger partial charge is 0.278 e. The molecule has 2 saturated heterocycles. The lowest BCUT2D eigenvalue weighted by molar-refractivity contribution is -0.133. The lowest BCUT2D eigenvalue weighted by atomic mass is 9.95. The van der Waals surface area contributed by atoms with E-state index in [1.54, 1.807) is 4.90 Å². The van der Waals surface area contributed by atoms with Crippen molar-refractivity contribution in [2.24, 2.45) is 5.92 Å². The van der Waals surface area contributed by atoms with Crippen molar-refractivity contribution >= 4 is 35.4 Å². The summed E-state index contributed by atoms with van der Waals surface area (Å²) in [6.07, 6.45) is 3.68. The first kappa shape index (κ1) is 23.0. The summed E-state index contributed by atoms with van der Waals surface area (Å²) in [5.74, 6) is 0.509. The van der Waals surface area contributed by atoms with Gasteiger partial charge in [0.2, 0.25) is 5.91 Å². The second-order valence-corrected chi connectivity index (χ2v) is 8.63. The zero-order chi connectivity index (χ0) is 20.7. The molecule has 1 aromatic carbocycles. The van der Waals surface area contributed by atoms with Gasteiger partial charge in [0.05, 0.1) is 11.7 Å². The summed E-state index contributed by atoms with van der Waals surface area (Å²) in [7, 11) is 0. The lowest BCUT2D eigenvalue weighted by Crippen LogP contribution is -2.59. The van der Waals surface area contributed by atoms with Crippen molar-refractivity contribution in [3.63, 3.8) is 0 Å². The van der Waals surface area contributed by atoms with Crippen LogP contribution in [0.15, 0.2) is 30.3 Å². The second kappa shape index (κ2) is 10.5. The molecule has 1 atom stereocenters. The number of carbonyl (C=O) groups excluding carboxylic acids is 2. The van der Waals surface area contributed by atoms with E-state index < -0.39 is 0 Å². The van der Waals surface area contributed by atoms with Gasteiger partial charge >= 0.3 is 0 Å². The average Bonchev–Trinajstić information content (AvgIpc) is 2.93. The number of halogens is 1. The predicted molar refractivity (Wildman–Crippen MR) is 118 cm³/mol. The number of benzene rings is 1. The third-order valence-corrected chi connectivity index (χ3v) is 6.00. The van der Waals surface area contributed by atoms with Gasteiger partial charge < -0.3 is 9.80 Å². The Kier molecular flexibility index (Phi) is 8.65. The Labute approximate surface area is 179 Å².